The van der Waals surface area contributed by atoms with Crippen molar-refractivity contribution in [2.75, 3.05) is 6.61 Å². The van der Waals surface area contributed by atoms with Crippen molar-refractivity contribution in [1.29, 1.82) is 0 Å². The Morgan fingerprint density at radius 3 is 2.03 bits per heavy atom. The van der Waals surface area contributed by atoms with Crippen LogP contribution in [0, 0.1) is 6.92 Å². The van der Waals surface area contributed by atoms with Crippen molar-refractivity contribution in [3.8, 4) is 5.75 Å². The first-order valence-corrected chi connectivity index (χ1v) is 13.6. The SMILES string of the molecule is CCCCCCCCCCCCOc1ccc(C(CC)NC(=O)c2cc[n+](CC)cc2)c(C)c1.[I-]. The Kier molecular flexibility index (Phi) is 16.7. The lowest BCUT2D eigenvalue weighted by atomic mass is 9.98. The fraction of sp³-hybridized carbons (Fsp3) is 0.600. The smallest absolute Gasteiger partial charge is 0.252 e. The summed E-state index contributed by atoms with van der Waals surface area (Å²) >= 11 is 0. The van der Waals surface area contributed by atoms with Crippen LogP contribution in [0.3, 0.4) is 0 Å². The molecule has 0 fully saturated rings. The maximum Gasteiger partial charge on any atom is 0.252 e. The van der Waals surface area contributed by atoms with Crippen LogP contribution >= 0.6 is 0 Å². The second kappa shape index (κ2) is 18.6. The third-order valence-corrected chi connectivity index (χ3v) is 6.62. The molecule has 35 heavy (non-hydrogen) atoms. The van der Waals surface area contributed by atoms with Gasteiger partial charge in [0.1, 0.15) is 12.3 Å². The quantitative estimate of drug-likeness (QED) is 0.167. The molecule has 5 heteroatoms. The number of nitrogens with zero attached hydrogens (tertiary/aromatic N) is 1. The van der Waals surface area contributed by atoms with Gasteiger partial charge < -0.3 is 34.0 Å². The molecule has 196 valence electrons. The normalized spacial score (nSPS) is 11.5. The number of hydrogen-bond donors (Lipinski definition) is 1. The van der Waals surface area contributed by atoms with Crippen LogP contribution in [-0.2, 0) is 6.54 Å². The number of pyridine rings is 1. The zero-order valence-electron chi connectivity index (χ0n) is 22.5. The Balaban J connectivity index is 0.00000612. The Bertz CT molecular complexity index is 839. The van der Waals surface area contributed by atoms with E-state index in [9.17, 15) is 4.79 Å². The van der Waals surface area contributed by atoms with Gasteiger partial charge in [0, 0.05) is 12.1 Å². The number of carbonyl (C=O) groups is 1. The topological polar surface area (TPSA) is 42.2 Å². The number of aryl methyl sites for hydroxylation is 2. The largest absolute Gasteiger partial charge is 1.00 e. The highest BCUT2D eigenvalue weighted by atomic mass is 127. The molecule has 0 radical (unpaired) electrons. The molecule has 0 saturated carbocycles. The van der Waals surface area contributed by atoms with Crippen molar-refractivity contribution in [2.45, 2.75) is 111 Å². The lowest BCUT2D eigenvalue weighted by Gasteiger charge is -2.20. The first-order valence-electron chi connectivity index (χ1n) is 13.6. The third-order valence-electron chi connectivity index (χ3n) is 6.62. The van der Waals surface area contributed by atoms with E-state index in [1.807, 2.05) is 35.2 Å². The summed E-state index contributed by atoms with van der Waals surface area (Å²) in [5.41, 5.74) is 3.00. The van der Waals surface area contributed by atoms with Crippen molar-refractivity contribution in [1.82, 2.24) is 5.32 Å². The first-order chi connectivity index (χ1) is 16.6. The Morgan fingerprint density at radius 2 is 1.49 bits per heavy atom. The van der Waals surface area contributed by atoms with Crippen LogP contribution in [0.25, 0.3) is 0 Å². The third kappa shape index (κ3) is 11.8. The number of amides is 1. The van der Waals surface area contributed by atoms with Crippen LogP contribution in [0.15, 0.2) is 42.7 Å². The molecule has 1 heterocycles. The van der Waals surface area contributed by atoms with Crippen molar-refractivity contribution in [2.24, 2.45) is 0 Å². The van der Waals surface area contributed by atoms with E-state index in [4.69, 9.17) is 4.74 Å². The second-order valence-electron chi connectivity index (χ2n) is 9.40. The van der Waals surface area contributed by atoms with Crippen LogP contribution in [0.1, 0.15) is 119 Å². The molecule has 1 N–H and O–H groups in total. The summed E-state index contributed by atoms with van der Waals surface area (Å²) in [5.74, 6) is 0.890. The number of benzene rings is 1. The van der Waals surface area contributed by atoms with E-state index in [1.54, 1.807) is 0 Å². The van der Waals surface area contributed by atoms with Gasteiger partial charge in [0.25, 0.3) is 5.91 Å². The number of carbonyl (C=O) groups excluding carboxylic acids is 1. The van der Waals surface area contributed by atoms with Crippen LogP contribution in [-0.4, -0.2) is 12.5 Å². The first kappa shape index (κ1) is 31.4. The van der Waals surface area contributed by atoms with Crippen molar-refractivity contribution < 1.29 is 38.1 Å². The Hall–Kier alpha value is -1.63. The molecule has 2 rings (SSSR count). The fourth-order valence-electron chi connectivity index (χ4n) is 4.37. The van der Waals surface area contributed by atoms with Gasteiger partial charge in [-0.2, -0.15) is 0 Å². The summed E-state index contributed by atoms with van der Waals surface area (Å²) in [6, 6.07) is 9.99. The summed E-state index contributed by atoms with van der Waals surface area (Å²) < 4.78 is 8.06. The maximum absolute atomic E-state index is 12.7. The Morgan fingerprint density at radius 1 is 0.886 bits per heavy atom. The minimum Gasteiger partial charge on any atom is -1.00 e. The van der Waals surface area contributed by atoms with Gasteiger partial charge in [0.15, 0.2) is 12.4 Å². The molecule has 2 aromatic rings. The second-order valence-corrected chi connectivity index (χ2v) is 9.40. The van der Waals surface area contributed by atoms with Gasteiger partial charge in [0.2, 0.25) is 0 Å². The highest BCUT2D eigenvalue weighted by Gasteiger charge is 2.17. The number of nitrogens with one attached hydrogen (secondary N) is 1. The predicted molar refractivity (Wildman–Crippen MR) is 141 cm³/mol. The average Bonchev–Trinajstić information content (AvgIpc) is 2.86. The molecule has 0 aliphatic rings. The van der Waals surface area contributed by atoms with Gasteiger partial charge in [-0.3, -0.25) is 4.79 Å². The van der Waals surface area contributed by atoms with E-state index in [2.05, 4.69) is 45.1 Å². The zero-order valence-corrected chi connectivity index (χ0v) is 24.6. The monoisotopic (exact) mass is 594 g/mol. The standard InChI is InChI=1S/C30H46N2O2.HI/c1-5-8-9-10-11-12-13-14-15-16-23-34-27-17-18-28(25(4)24-27)29(6-2)31-30(33)26-19-21-32(7-3)22-20-26;/h17-22,24,29H,5-16,23H2,1-4H3;1H. The number of hydrogen-bond acceptors (Lipinski definition) is 2. The van der Waals surface area contributed by atoms with Crippen LogP contribution in [0.2, 0.25) is 0 Å². The van der Waals surface area contributed by atoms with Crippen LogP contribution in [0.4, 0.5) is 0 Å². The summed E-state index contributed by atoms with van der Waals surface area (Å²) in [6.07, 6.45) is 18.0. The minimum absolute atomic E-state index is 0. The average molecular weight is 595 g/mol. The molecule has 0 aliphatic carbocycles. The molecule has 1 unspecified atom stereocenters. The van der Waals surface area contributed by atoms with Crippen LogP contribution < -0.4 is 38.6 Å². The van der Waals surface area contributed by atoms with Gasteiger partial charge in [-0.05, 0) is 49.9 Å². The summed E-state index contributed by atoms with van der Waals surface area (Å²) in [5, 5.41) is 3.20. The molecule has 0 bridgehead atoms. The van der Waals surface area contributed by atoms with Crippen molar-refractivity contribution in [3.63, 3.8) is 0 Å². The molecule has 0 aliphatic heterocycles. The van der Waals surface area contributed by atoms with E-state index in [1.165, 1.54) is 57.8 Å². The lowest BCUT2D eigenvalue weighted by molar-refractivity contribution is -0.693. The van der Waals surface area contributed by atoms with E-state index in [-0.39, 0.29) is 35.9 Å². The highest BCUT2D eigenvalue weighted by molar-refractivity contribution is 5.94. The molecular weight excluding hydrogens is 547 g/mol. The molecule has 1 atom stereocenters. The Labute approximate surface area is 231 Å². The number of aromatic nitrogens is 1. The summed E-state index contributed by atoms with van der Waals surface area (Å²) in [4.78, 5) is 12.7. The van der Waals surface area contributed by atoms with Gasteiger partial charge in [-0.15, -0.1) is 0 Å². The number of halogens is 1. The molecule has 0 spiro atoms. The molecule has 1 aromatic carbocycles. The van der Waals surface area contributed by atoms with E-state index in [0.717, 1.165) is 42.9 Å². The van der Waals surface area contributed by atoms with E-state index < -0.39 is 0 Å². The van der Waals surface area contributed by atoms with Gasteiger partial charge in [0.05, 0.1) is 18.2 Å². The van der Waals surface area contributed by atoms with Crippen molar-refractivity contribution >= 4 is 5.91 Å². The number of ether oxygens (including phenoxy) is 1. The fourth-order valence-corrected chi connectivity index (χ4v) is 4.37. The van der Waals surface area contributed by atoms with Gasteiger partial charge in [-0.25, -0.2) is 4.57 Å². The highest BCUT2D eigenvalue weighted by Crippen LogP contribution is 2.25. The van der Waals surface area contributed by atoms with Gasteiger partial charge in [-0.1, -0.05) is 77.7 Å². The number of unbranched alkanes of at least 4 members (excludes halogenated alkanes) is 9. The molecule has 0 saturated heterocycles. The maximum atomic E-state index is 12.7. The minimum atomic E-state index is -0.0317. The molecule has 1 aromatic heterocycles. The molecular formula is C30H47IN2O2. The predicted octanol–water partition coefficient (Wildman–Crippen LogP) is 4.49. The van der Waals surface area contributed by atoms with E-state index >= 15 is 0 Å². The van der Waals surface area contributed by atoms with Crippen LogP contribution in [0.5, 0.6) is 5.75 Å². The summed E-state index contributed by atoms with van der Waals surface area (Å²) in [7, 11) is 0. The number of rotatable bonds is 17. The van der Waals surface area contributed by atoms with E-state index in [0.29, 0.717) is 5.56 Å². The lowest BCUT2D eigenvalue weighted by Crippen LogP contribution is -3.00. The molecule has 4 nitrogen and oxygen atoms in total. The summed E-state index contributed by atoms with van der Waals surface area (Å²) in [6.45, 7) is 10.2. The van der Waals surface area contributed by atoms with Gasteiger partial charge >= 0.3 is 0 Å². The zero-order chi connectivity index (χ0) is 24.6. The van der Waals surface area contributed by atoms with Crippen molar-refractivity contribution in [3.05, 3.63) is 59.4 Å². The molecule has 1 amide bonds.